The first-order valence-electron chi connectivity index (χ1n) is 7.99. The van der Waals surface area contributed by atoms with Crippen LogP contribution in [0.15, 0.2) is 12.2 Å². The maximum atomic E-state index is 12.3. The van der Waals surface area contributed by atoms with Gasteiger partial charge in [-0.3, -0.25) is 9.59 Å². The van der Waals surface area contributed by atoms with E-state index in [4.69, 9.17) is 0 Å². The Labute approximate surface area is 128 Å². The van der Waals surface area contributed by atoms with Gasteiger partial charge in [-0.25, -0.2) is 0 Å². The van der Waals surface area contributed by atoms with Gasteiger partial charge in [-0.15, -0.1) is 0 Å². The molecule has 120 valence electrons. The van der Waals surface area contributed by atoms with Crippen molar-refractivity contribution in [2.75, 3.05) is 0 Å². The molecule has 0 heterocycles. The summed E-state index contributed by atoms with van der Waals surface area (Å²) in [6.45, 7) is 13.6. The minimum atomic E-state index is -0.528. The molecule has 0 aromatic heterocycles. The Balaban J connectivity index is 2.61. The summed E-state index contributed by atoms with van der Waals surface area (Å²) < 4.78 is 0. The Morgan fingerprint density at radius 2 is 1.81 bits per heavy atom. The molecule has 1 fully saturated rings. The number of hydrogen-bond acceptors (Lipinski definition) is 2. The Bertz CT molecular complexity index is 404. The van der Waals surface area contributed by atoms with E-state index in [1.54, 1.807) is 13.8 Å². The molecule has 0 radical (unpaired) electrons. The third-order valence-electron chi connectivity index (χ3n) is 4.48. The second-order valence-corrected chi connectivity index (χ2v) is 6.92. The summed E-state index contributed by atoms with van der Waals surface area (Å²) in [4.78, 5) is 23.9. The van der Waals surface area contributed by atoms with Gasteiger partial charge in [0.1, 0.15) is 6.04 Å². The number of rotatable bonds is 5. The normalized spacial score (nSPS) is 27.0. The van der Waals surface area contributed by atoms with Crippen LogP contribution in [0.5, 0.6) is 0 Å². The molecule has 4 nitrogen and oxygen atoms in total. The highest BCUT2D eigenvalue weighted by Gasteiger charge is 2.32. The van der Waals surface area contributed by atoms with Crippen molar-refractivity contribution in [2.45, 2.75) is 66.0 Å². The fourth-order valence-corrected chi connectivity index (χ4v) is 3.06. The van der Waals surface area contributed by atoms with Crippen LogP contribution in [0.2, 0.25) is 0 Å². The molecular formula is C17H30N2O2. The monoisotopic (exact) mass is 294 g/mol. The first-order valence-corrected chi connectivity index (χ1v) is 7.99. The lowest BCUT2D eigenvalue weighted by Gasteiger charge is -2.38. The molecule has 1 aliphatic carbocycles. The highest BCUT2D eigenvalue weighted by molar-refractivity contribution is 5.95. The zero-order valence-corrected chi connectivity index (χ0v) is 14.0. The maximum absolute atomic E-state index is 12.3. The van der Waals surface area contributed by atoms with Gasteiger partial charge in [-0.1, -0.05) is 33.8 Å². The van der Waals surface area contributed by atoms with Gasteiger partial charge in [0.2, 0.25) is 11.8 Å². The second-order valence-electron chi connectivity index (χ2n) is 6.92. The summed E-state index contributed by atoms with van der Waals surface area (Å²) in [5.41, 5.74) is 0.418. The molecule has 1 aliphatic rings. The summed E-state index contributed by atoms with van der Waals surface area (Å²) in [5, 5.41) is 5.81. The molecule has 0 spiro atoms. The van der Waals surface area contributed by atoms with Crippen LogP contribution >= 0.6 is 0 Å². The van der Waals surface area contributed by atoms with E-state index in [9.17, 15) is 9.59 Å². The zero-order chi connectivity index (χ0) is 16.2. The predicted octanol–water partition coefficient (Wildman–Crippen LogP) is 2.64. The molecule has 3 unspecified atom stereocenters. The van der Waals surface area contributed by atoms with Gasteiger partial charge in [0.25, 0.3) is 0 Å². The van der Waals surface area contributed by atoms with Crippen LogP contribution in [0.3, 0.4) is 0 Å². The molecule has 4 heteroatoms. The number of carbonyl (C=O) groups is 2. The molecule has 1 rings (SSSR count). The van der Waals surface area contributed by atoms with Crippen LogP contribution in [0.25, 0.3) is 0 Å². The fraction of sp³-hybridized carbons (Fsp3) is 0.765. The Morgan fingerprint density at radius 3 is 2.33 bits per heavy atom. The van der Waals surface area contributed by atoms with Crippen LogP contribution in [0.4, 0.5) is 0 Å². The molecule has 0 bridgehead atoms. The summed E-state index contributed by atoms with van der Waals surface area (Å²) in [6, 6.07) is -0.315. The van der Waals surface area contributed by atoms with Gasteiger partial charge in [0, 0.05) is 11.6 Å². The van der Waals surface area contributed by atoms with Gasteiger partial charge in [-0.05, 0) is 44.4 Å². The second kappa shape index (κ2) is 7.62. The third-order valence-corrected chi connectivity index (χ3v) is 4.48. The molecular weight excluding hydrogens is 264 g/mol. The molecule has 4 atom stereocenters. The van der Waals surface area contributed by atoms with E-state index in [0.29, 0.717) is 23.3 Å². The molecule has 0 saturated heterocycles. The lowest BCUT2D eigenvalue weighted by molar-refractivity contribution is -0.128. The summed E-state index contributed by atoms with van der Waals surface area (Å²) >= 11 is 0. The maximum Gasteiger partial charge on any atom is 0.246 e. The minimum Gasteiger partial charge on any atom is -0.351 e. The Hall–Kier alpha value is -1.32. The number of nitrogens with one attached hydrogen (secondary N) is 2. The molecule has 0 aromatic carbocycles. The van der Waals surface area contributed by atoms with Gasteiger partial charge < -0.3 is 10.6 Å². The first kappa shape index (κ1) is 17.7. The Kier molecular flexibility index (Phi) is 6.43. The van der Waals surface area contributed by atoms with Crippen molar-refractivity contribution in [2.24, 2.45) is 17.8 Å². The summed E-state index contributed by atoms with van der Waals surface area (Å²) in [7, 11) is 0. The van der Waals surface area contributed by atoms with Crippen molar-refractivity contribution in [1.82, 2.24) is 10.6 Å². The molecule has 21 heavy (non-hydrogen) atoms. The lowest BCUT2D eigenvalue weighted by Crippen LogP contribution is -2.52. The number of hydrogen-bond donors (Lipinski definition) is 2. The van der Waals surface area contributed by atoms with Crippen molar-refractivity contribution in [3.05, 3.63) is 12.2 Å². The van der Waals surface area contributed by atoms with E-state index in [2.05, 4.69) is 38.0 Å². The standard InChI is InChI=1S/C17H30N2O2/c1-10(2)14-8-7-12(5)9-15(14)19-17(21)13(6)18-16(20)11(3)4/h10,12-15H,3,7-9H2,1-2,4-6H3,(H,18,20)(H,19,21)/t12?,13-,14?,15?/m0/s1. The quantitative estimate of drug-likeness (QED) is 0.766. The molecule has 2 amide bonds. The Morgan fingerprint density at radius 1 is 1.19 bits per heavy atom. The predicted molar refractivity (Wildman–Crippen MR) is 85.7 cm³/mol. The number of carbonyl (C=O) groups excluding carboxylic acids is 2. The van der Waals surface area contributed by atoms with Gasteiger partial charge in [0.05, 0.1) is 0 Å². The van der Waals surface area contributed by atoms with Crippen molar-refractivity contribution >= 4 is 11.8 Å². The summed E-state index contributed by atoms with van der Waals surface area (Å²) in [6.07, 6.45) is 3.42. The van der Waals surface area contributed by atoms with Gasteiger partial charge >= 0.3 is 0 Å². The van der Waals surface area contributed by atoms with Crippen molar-refractivity contribution in [1.29, 1.82) is 0 Å². The van der Waals surface area contributed by atoms with Crippen molar-refractivity contribution in [3.63, 3.8) is 0 Å². The largest absolute Gasteiger partial charge is 0.351 e. The van der Waals surface area contributed by atoms with E-state index < -0.39 is 6.04 Å². The van der Waals surface area contributed by atoms with Crippen LogP contribution in [0.1, 0.15) is 53.9 Å². The van der Waals surface area contributed by atoms with Crippen molar-refractivity contribution < 1.29 is 9.59 Å². The van der Waals surface area contributed by atoms with Crippen molar-refractivity contribution in [3.8, 4) is 0 Å². The third kappa shape index (κ3) is 5.18. The van der Waals surface area contributed by atoms with Crippen LogP contribution in [-0.4, -0.2) is 23.9 Å². The van der Waals surface area contributed by atoms with Crippen LogP contribution < -0.4 is 10.6 Å². The topological polar surface area (TPSA) is 58.2 Å². The van der Waals surface area contributed by atoms with E-state index in [1.165, 1.54) is 6.42 Å². The van der Waals surface area contributed by atoms with Gasteiger partial charge in [0.15, 0.2) is 0 Å². The molecule has 1 saturated carbocycles. The van der Waals surface area contributed by atoms with Crippen LogP contribution in [0, 0.1) is 17.8 Å². The van der Waals surface area contributed by atoms with Crippen LogP contribution in [-0.2, 0) is 9.59 Å². The van der Waals surface area contributed by atoms with E-state index in [1.807, 2.05) is 0 Å². The summed E-state index contributed by atoms with van der Waals surface area (Å²) in [5.74, 6) is 1.35. The smallest absolute Gasteiger partial charge is 0.246 e. The van der Waals surface area contributed by atoms with E-state index in [0.717, 1.165) is 12.8 Å². The highest BCUT2D eigenvalue weighted by Crippen LogP contribution is 2.33. The minimum absolute atomic E-state index is 0.102. The van der Waals surface area contributed by atoms with Gasteiger partial charge in [-0.2, -0.15) is 0 Å². The molecule has 2 N–H and O–H groups in total. The molecule has 0 aliphatic heterocycles. The van der Waals surface area contributed by atoms with E-state index in [-0.39, 0.29) is 17.9 Å². The average Bonchev–Trinajstić information content (AvgIpc) is 2.37. The fourth-order valence-electron chi connectivity index (χ4n) is 3.06. The zero-order valence-electron chi connectivity index (χ0n) is 14.0. The SMILES string of the molecule is C=C(C)C(=O)N[C@@H](C)C(=O)NC1CC(C)CCC1C(C)C. The highest BCUT2D eigenvalue weighted by atomic mass is 16.2. The van der Waals surface area contributed by atoms with E-state index >= 15 is 0 Å². The first-order chi connectivity index (χ1) is 9.72. The number of amides is 2. The molecule has 0 aromatic rings. The average molecular weight is 294 g/mol. The lowest BCUT2D eigenvalue weighted by atomic mass is 9.74.